The molecule has 1 heterocycles. The number of aromatic nitrogens is 1. The first-order valence-electron chi connectivity index (χ1n) is 7.32. The number of nitrogens with one attached hydrogen (secondary N) is 2. The number of amides is 1. The van der Waals surface area contributed by atoms with Gasteiger partial charge < -0.3 is 10.6 Å². The Morgan fingerprint density at radius 2 is 1.95 bits per heavy atom. The number of benzene rings is 1. The van der Waals surface area contributed by atoms with Crippen LogP contribution in [0.3, 0.4) is 0 Å². The number of fused-ring (bicyclic) bond motifs is 1. The van der Waals surface area contributed by atoms with Crippen molar-refractivity contribution in [3.63, 3.8) is 0 Å². The maximum Gasteiger partial charge on any atom is 0.270 e. The summed E-state index contributed by atoms with van der Waals surface area (Å²) in [6.45, 7) is 9.67. The average molecular weight is 285 g/mol. The molecule has 0 aliphatic carbocycles. The van der Waals surface area contributed by atoms with Crippen molar-refractivity contribution in [1.29, 1.82) is 0 Å². The third kappa shape index (κ3) is 3.94. The fourth-order valence-electron chi connectivity index (χ4n) is 2.05. The van der Waals surface area contributed by atoms with Gasteiger partial charge in [-0.15, -0.1) is 0 Å². The molecule has 2 rings (SSSR count). The quantitative estimate of drug-likeness (QED) is 0.904. The molecule has 0 radical (unpaired) electrons. The van der Waals surface area contributed by atoms with Gasteiger partial charge in [-0.3, -0.25) is 4.79 Å². The van der Waals surface area contributed by atoms with Crippen LogP contribution in [0.5, 0.6) is 0 Å². The van der Waals surface area contributed by atoms with E-state index in [0.717, 1.165) is 23.1 Å². The summed E-state index contributed by atoms with van der Waals surface area (Å²) in [6, 6.07) is 9.79. The van der Waals surface area contributed by atoms with Crippen molar-refractivity contribution in [3.8, 4) is 0 Å². The lowest BCUT2D eigenvalue weighted by Crippen LogP contribution is -2.32. The number of hydrogen-bond acceptors (Lipinski definition) is 3. The van der Waals surface area contributed by atoms with E-state index in [9.17, 15) is 4.79 Å². The van der Waals surface area contributed by atoms with Crippen LogP contribution in [-0.4, -0.2) is 24.0 Å². The van der Waals surface area contributed by atoms with Crippen LogP contribution >= 0.6 is 0 Å². The molecule has 1 aromatic carbocycles. The summed E-state index contributed by atoms with van der Waals surface area (Å²) < 4.78 is 0. The van der Waals surface area contributed by atoms with E-state index in [2.05, 4.69) is 36.4 Å². The van der Waals surface area contributed by atoms with Crippen LogP contribution in [0.25, 0.3) is 10.8 Å². The molecule has 112 valence electrons. The lowest BCUT2D eigenvalue weighted by molar-refractivity contribution is 0.0934. The third-order valence-corrected chi connectivity index (χ3v) is 3.10. The molecule has 1 amide bonds. The van der Waals surface area contributed by atoms with Gasteiger partial charge in [-0.05, 0) is 23.8 Å². The number of carbonyl (C=O) groups excluding carboxylic acids is 1. The van der Waals surface area contributed by atoms with Crippen molar-refractivity contribution in [1.82, 2.24) is 10.3 Å². The van der Waals surface area contributed by atoms with Crippen LogP contribution in [0.2, 0.25) is 0 Å². The number of anilines is 1. The van der Waals surface area contributed by atoms with E-state index >= 15 is 0 Å². The minimum Gasteiger partial charge on any atom is -0.370 e. The van der Waals surface area contributed by atoms with E-state index in [4.69, 9.17) is 0 Å². The van der Waals surface area contributed by atoms with Gasteiger partial charge in [0.25, 0.3) is 5.91 Å². The van der Waals surface area contributed by atoms with Crippen molar-refractivity contribution < 1.29 is 4.79 Å². The molecule has 2 aromatic rings. The van der Waals surface area contributed by atoms with Crippen molar-refractivity contribution in [2.24, 2.45) is 5.41 Å². The highest BCUT2D eigenvalue weighted by molar-refractivity contribution is 6.00. The Labute approximate surface area is 126 Å². The Kier molecular flexibility index (Phi) is 4.46. The maximum absolute atomic E-state index is 12.3. The van der Waals surface area contributed by atoms with Crippen LogP contribution in [0.1, 0.15) is 38.2 Å². The summed E-state index contributed by atoms with van der Waals surface area (Å²) >= 11 is 0. The number of hydrogen-bond donors (Lipinski definition) is 2. The molecule has 0 spiro atoms. The van der Waals surface area contributed by atoms with Crippen LogP contribution in [0.15, 0.2) is 30.3 Å². The van der Waals surface area contributed by atoms with Crippen LogP contribution in [0, 0.1) is 5.41 Å². The molecule has 0 aliphatic rings. The topological polar surface area (TPSA) is 54.0 Å². The molecular formula is C17H23N3O. The second kappa shape index (κ2) is 6.12. The zero-order valence-electron chi connectivity index (χ0n) is 13.2. The zero-order valence-corrected chi connectivity index (χ0v) is 13.2. The summed E-state index contributed by atoms with van der Waals surface area (Å²) in [5, 5.41) is 8.22. The van der Waals surface area contributed by atoms with Crippen LogP contribution in [0.4, 0.5) is 5.82 Å². The van der Waals surface area contributed by atoms with Gasteiger partial charge in [0.1, 0.15) is 11.5 Å². The van der Waals surface area contributed by atoms with Gasteiger partial charge in [-0.1, -0.05) is 45.0 Å². The molecule has 0 fully saturated rings. The summed E-state index contributed by atoms with van der Waals surface area (Å²) in [5.41, 5.74) is 0.505. The van der Waals surface area contributed by atoms with Crippen LogP contribution < -0.4 is 10.6 Å². The predicted octanol–water partition coefficient (Wildman–Crippen LogP) is 3.44. The zero-order chi connectivity index (χ0) is 15.5. The molecule has 0 bridgehead atoms. The van der Waals surface area contributed by atoms with Crippen molar-refractivity contribution >= 4 is 22.5 Å². The van der Waals surface area contributed by atoms with Gasteiger partial charge in [0, 0.05) is 18.5 Å². The summed E-state index contributed by atoms with van der Waals surface area (Å²) in [7, 11) is 0. The van der Waals surface area contributed by atoms with E-state index < -0.39 is 0 Å². The number of pyridine rings is 1. The van der Waals surface area contributed by atoms with Gasteiger partial charge in [0.15, 0.2) is 0 Å². The molecule has 0 saturated carbocycles. The maximum atomic E-state index is 12.3. The highest BCUT2D eigenvalue weighted by Crippen LogP contribution is 2.22. The van der Waals surface area contributed by atoms with Gasteiger partial charge in [-0.2, -0.15) is 0 Å². The average Bonchev–Trinajstić information content (AvgIpc) is 2.44. The highest BCUT2D eigenvalue weighted by atomic mass is 16.1. The smallest absolute Gasteiger partial charge is 0.270 e. The molecule has 21 heavy (non-hydrogen) atoms. The lowest BCUT2D eigenvalue weighted by Gasteiger charge is -2.18. The first-order valence-corrected chi connectivity index (χ1v) is 7.32. The van der Waals surface area contributed by atoms with Crippen molar-refractivity contribution in [3.05, 3.63) is 36.0 Å². The second-order valence-electron chi connectivity index (χ2n) is 6.35. The number of rotatable bonds is 4. The first kappa shape index (κ1) is 15.3. The predicted molar refractivity (Wildman–Crippen MR) is 87.7 cm³/mol. The summed E-state index contributed by atoms with van der Waals surface area (Å²) in [5.74, 6) is 0.631. The second-order valence-corrected chi connectivity index (χ2v) is 6.35. The molecule has 1 aromatic heterocycles. The molecule has 0 atom stereocenters. The fourth-order valence-corrected chi connectivity index (χ4v) is 2.05. The number of carbonyl (C=O) groups is 1. The minimum atomic E-state index is -0.130. The summed E-state index contributed by atoms with van der Waals surface area (Å²) in [6.07, 6.45) is 0. The largest absolute Gasteiger partial charge is 0.370 e. The van der Waals surface area contributed by atoms with Gasteiger partial charge in [0.05, 0.1) is 0 Å². The van der Waals surface area contributed by atoms with Crippen molar-refractivity contribution in [2.75, 3.05) is 18.4 Å². The van der Waals surface area contributed by atoms with E-state index in [1.807, 2.05) is 37.3 Å². The lowest BCUT2D eigenvalue weighted by atomic mass is 9.97. The standard InChI is InChI=1S/C17H23N3O/c1-5-18-15-13-9-7-6-8-12(13)10-14(20-15)16(21)19-11-17(2,3)4/h6-10H,5,11H2,1-4H3,(H,18,20)(H,19,21). The number of nitrogens with zero attached hydrogens (tertiary/aromatic N) is 1. The molecule has 4 nitrogen and oxygen atoms in total. The molecule has 4 heteroatoms. The Balaban J connectivity index is 2.33. The van der Waals surface area contributed by atoms with E-state index in [1.54, 1.807) is 0 Å². The van der Waals surface area contributed by atoms with Gasteiger partial charge >= 0.3 is 0 Å². The highest BCUT2D eigenvalue weighted by Gasteiger charge is 2.15. The van der Waals surface area contributed by atoms with E-state index in [0.29, 0.717) is 12.2 Å². The van der Waals surface area contributed by atoms with Crippen molar-refractivity contribution in [2.45, 2.75) is 27.7 Å². The third-order valence-electron chi connectivity index (χ3n) is 3.10. The fraction of sp³-hybridized carbons (Fsp3) is 0.412. The van der Waals surface area contributed by atoms with E-state index in [-0.39, 0.29) is 11.3 Å². The Morgan fingerprint density at radius 1 is 1.24 bits per heavy atom. The SMILES string of the molecule is CCNc1nc(C(=O)NCC(C)(C)C)cc2ccccc12. The summed E-state index contributed by atoms with van der Waals surface area (Å²) in [4.78, 5) is 16.8. The molecule has 0 unspecified atom stereocenters. The monoisotopic (exact) mass is 285 g/mol. The Morgan fingerprint density at radius 3 is 2.62 bits per heavy atom. The first-order chi connectivity index (χ1) is 9.90. The molecule has 0 saturated heterocycles. The molecule has 0 aliphatic heterocycles. The minimum absolute atomic E-state index is 0.0526. The normalized spacial score (nSPS) is 11.4. The van der Waals surface area contributed by atoms with Gasteiger partial charge in [0.2, 0.25) is 0 Å². The van der Waals surface area contributed by atoms with E-state index in [1.165, 1.54) is 0 Å². The van der Waals surface area contributed by atoms with Crippen LogP contribution in [-0.2, 0) is 0 Å². The van der Waals surface area contributed by atoms with Gasteiger partial charge in [-0.25, -0.2) is 4.98 Å². The Hall–Kier alpha value is -2.10. The molecular weight excluding hydrogens is 262 g/mol. The molecule has 2 N–H and O–H groups in total. The Bertz CT molecular complexity index is 644.